The Morgan fingerprint density at radius 2 is 1.65 bits per heavy atom. The zero-order valence-electron chi connectivity index (χ0n) is 11.5. The first kappa shape index (κ1) is 14.2. The summed E-state index contributed by atoms with van der Waals surface area (Å²) in [5.41, 5.74) is 2.80. The third-order valence-electron chi connectivity index (χ3n) is 2.97. The minimum absolute atomic E-state index is 0.992. The number of unbranched alkanes of at least 4 members (excludes halogenated alkanes) is 1. The second-order valence-corrected chi connectivity index (χ2v) is 4.86. The van der Waals surface area contributed by atoms with Crippen LogP contribution in [0.3, 0.4) is 0 Å². The summed E-state index contributed by atoms with van der Waals surface area (Å²) in [6.07, 6.45) is 3.65. The molecule has 0 saturated heterocycles. The minimum atomic E-state index is 0.992. The van der Waals surface area contributed by atoms with E-state index in [9.17, 15) is 0 Å². The summed E-state index contributed by atoms with van der Waals surface area (Å²) in [6, 6.07) is 8.91. The topological polar surface area (TPSA) is 15.3 Å². The van der Waals surface area contributed by atoms with E-state index in [1.807, 2.05) is 0 Å². The molecule has 1 rings (SSSR count). The Hall–Kier alpha value is -0.860. The lowest BCUT2D eigenvalue weighted by atomic mass is 10.1. The van der Waals surface area contributed by atoms with Crippen LogP contribution in [-0.4, -0.2) is 32.1 Å². The highest BCUT2D eigenvalue weighted by Gasteiger charge is 1.94. The van der Waals surface area contributed by atoms with Crippen molar-refractivity contribution in [1.82, 2.24) is 10.2 Å². The van der Waals surface area contributed by atoms with Crippen molar-refractivity contribution in [3.05, 3.63) is 35.4 Å². The maximum absolute atomic E-state index is 3.49. The molecule has 1 aromatic carbocycles. The fourth-order valence-corrected chi connectivity index (χ4v) is 1.80. The first-order valence-electron chi connectivity index (χ1n) is 6.65. The van der Waals surface area contributed by atoms with Gasteiger partial charge in [0.2, 0.25) is 0 Å². The second-order valence-electron chi connectivity index (χ2n) is 4.86. The third kappa shape index (κ3) is 6.44. The Labute approximate surface area is 106 Å². The van der Waals surface area contributed by atoms with Crippen LogP contribution in [0.2, 0.25) is 0 Å². The van der Waals surface area contributed by atoms with Gasteiger partial charge in [-0.2, -0.15) is 0 Å². The van der Waals surface area contributed by atoms with Crippen molar-refractivity contribution in [3.8, 4) is 0 Å². The molecule has 0 aromatic heterocycles. The molecule has 1 aromatic rings. The number of aryl methyl sites for hydroxylation is 1. The molecule has 0 spiro atoms. The SMILES string of the molecule is CCc1ccc(CNCCCCN(C)C)cc1. The monoisotopic (exact) mass is 234 g/mol. The van der Waals surface area contributed by atoms with Crippen LogP contribution in [0.5, 0.6) is 0 Å². The zero-order valence-corrected chi connectivity index (χ0v) is 11.5. The number of nitrogens with zero attached hydrogens (tertiary/aromatic N) is 1. The van der Waals surface area contributed by atoms with E-state index < -0.39 is 0 Å². The van der Waals surface area contributed by atoms with Crippen LogP contribution in [0.25, 0.3) is 0 Å². The highest BCUT2D eigenvalue weighted by atomic mass is 15.0. The second kappa shape index (κ2) is 8.26. The van der Waals surface area contributed by atoms with Crippen molar-refractivity contribution in [2.24, 2.45) is 0 Å². The quantitative estimate of drug-likeness (QED) is 0.696. The molecule has 0 bridgehead atoms. The number of hydrogen-bond acceptors (Lipinski definition) is 2. The molecule has 0 aliphatic heterocycles. The summed E-state index contributed by atoms with van der Waals surface area (Å²) in [4.78, 5) is 2.24. The lowest BCUT2D eigenvalue weighted by Gasteiger charge is -2.09. The Kier molecular flexibility index (Phi) is 6.90. The molecule has 0 atom stereocenters. The van der Waals surface area contributed by atoms with Crippen LogP contribution in [0.4, 0.5) is 0 Å². The van der Waals surface area contributed by atoms with Gasteiger partial charge in [0, 0.05) is 6.54 Å². The molecule has 0 heterocycles. The van der Waals surface area contributed by atoms with Crippen LogP contribution < -0.4 is 5.32 Å². The van der Waals surface area contributed by atoms with Crippen LogP contribution >= 0.6 is 0 Å². The van der Waals surface area contributed by atoms with E-state index in [-0.39, 0.29) is 0 Å². The molecule has 0 aliphatic rings. The van der Waals surface area contributed by atoms with Gasteiger partial charge < -0.3 is 10.2 Å². The number of rotatable bonds is 8. The average Bonchev–Trinajstić information content (AvgIpc) is 2.34. The van der Waals surface area contributed by atoms with Gasteiger partial charge in [-0.3, -0.25) is 0 Å². The summed E-state index contributed by atoms with van der Waals surface area (Å²) in [7, 11) is 4.26. The van der Waals surface area contributed by atoms with Crippen molar-refractivity contribution >= 4 is 0 Å². The fraction of sp³-hybridized carbons (Fsp3) is 0.600. The van der Waals surface area contributed by atoms with Crippen molar-refractivity contribution in [3.63, 3.8) is 0 Å². The molecular weight excluding hydrogens is 208 g/mol. The maximum Gasteiger partial charge on any atom is 0.0205 e. The van der Waals surface area contributed by atoms with Gasteiger partial charge in [-0.25, -0.2) is 0 Å². The summed E-state index contributed by atoms with van der Waals surface area (Å²) < 4.78 is 0. The van der Waals surface area contributed by atoms with Crippen molar-refractivity contribution in [2.75, 3.05) is 27.2 Å². The summed E-state index contributed by atoms with van der Waals surface area (Å²) in [5.74, 6) is 0. The van der Waals surface area contributed by atoms with E-state index in [2.05, 4.69) is 55.5 Å². The van der Waals surface area contributed by atoms with Crippen molar-refractivity contribution in [1.29, 1.82) is 0 Å². The minimum Gasteiger partial charge on any atom is -0.313 e. The standard InChI is InChI=1S/C15H26N2/c1-4-14-7-9-15(10-8-14)13-16-11-5-6-12-17(2)3/h7-10,16H,4-6,11-13H2,1-3H3. The van der Waals surface area contributed by atoms with Gasteiger partial charge in [-0.1, -0.05) is 31.2 Å². The van der Waals surface area contributed by atoms with Gasteiger partial charge in [-0.05, 0) is 57.6 Å². The lowest BCUT2D eigenvalue weighted by Crippen LogP contribution is -2.18. The Balaban J connectivity index is 2.09. The highest BCUT2D eigenvalue weighted by molar-refractivity contribution is 5.22. The lowest BCUT2D eigenvalue weighted by molar-refractivity contribution is 0.391. The van der Waals surface area contributed by atoms with Crippen LogP contribution in [0.15, 0.2) is 24.3 Å². The Bertz CT molecular complexity index is 290. The smallest absolute Gasteiger partial charge is 0.0205 e. The summed E-state index contributed by atoms with van der Waals surface area (Å²) in [5, 5.41) is 3.49. The van der Waals surface area contributed by atoms with Gasteiger partial charge in [0.1, 0.15) is 0 Å². The first-order chi connectivity index (χ1) is 8.22. The fourth-order valence-electron chi connectivity index (χ4n) is 1.80. The van der Waals surface area contributed by atoms with Crippen LogP contribution in [0.1, 0.15) is 30.9 Å². The molecule has 0 fully saturated rings. The van der Waals surface area contributed by atoms with E-state index in [4.69, 9.17) is 0 Å². The van der Waals surface area contributed by atoms with Crippen molar-refractivity contribution < 1.29 is 0 Å². The normalized spacial score (nSPS) is 11.1. The van der Waals surface area contributed by atoms with Crippen LogP contribution in [-0.2, 0) is 13.0 Å². The van der Waals surface area contributed by atoms with Gasteiger partial charge in [0.15, 0.2) is 0 Å². The average molecular weight is 234 g/mol. The number of nitrogens with one attached hydrogen (secondary N) is 1. The summed E-state index contributed by atoms with van der Waals surface area (Å²) in [6.45, 7) is 5.49. The van der Waals surface area contributed by atoms with Gasteiger partial charge >= 0.3 is 0 Å². The molecule has 1 N–H and O–H groups in total. The van der Waals surface area contributed by atoms with Crippen molar-refractivity contribution in [2.45, 2.75) is 32.7 Å². The molecule has 0 saturated carbocycles. The molecule has 0 amide bonds. The predicted molar refractivity (Wildman–Crippen MR) is 75.3 cm³/mol. The highest BCUT2D eigenvalue weighted by Crippen LogP contribution is 2.04. The maximum atomic E-state index is 3.49. The van der Waals surface area contributed by atoms with E-state index >= 15 is 0 Å². The van der Waals surface area contributed by atoms with Crippen LogP contribution in [0, 0.1) is 0 Å². The molecule has 17 heavy (non-hydrogen) atoms. The van der Waals surface area contributed by atoms with E-state index in [0.717, 1.165) is 19.5 Å². The van der Waals surface area contributed by atoms with E-state index in [1.165, 1.54) is 30.5 Å². The molecule has 0 radical (unpaired) electrons. The molecule has 2 nitrogen and oxygen atoms in total. The Morgan fingerprint density at radius 3 is 2.24 bits per heavy atom. The molecule has 0 unspecified atom stereocenters. The number of benzene rings is 1. The largest absolute Gasteiger partial charge is 0.313 e. The molecular formula is C15H26N2. The predicted octanol–water partition coefficient (Wildman–Crippen LogP) is 2.68. The Morgan fingerprint density at radius 1 is 1.00 bits per heavy atom. The van der Waals surface area contributed by atoms with Gasteiger partial charge in [0.05, 0.1) is 0 Å². The first-order valence-corrected chi connectivity index (χ1v) is 6.65. The van der Waals surface area contributed by atoms with Gasteiger partial charge in [0.25, 0.3) is 0 Å². The van der Waals surface area contributed by atoms with E-state index in [1.54, 1.807) is 0 Å². The third-order valence-corrected chi connectivity index (χ3v) is 2.97. The summed E-state index contributed by atoms with van der Waals surface area (Å²) >= 11 is 0. The molecule has 96 valence electrons. The zero-order chi connectivity index (χ0) is 12.5. The number of hydrogen-bond donors (Lipinski definition) is 1. The molecule has 0 aliphatic carbocycles. The van der Waals surface area contributed by atoms with Gasteiger partial charge in [-0.15, -0.1) is 0 Å². The molecule has 2 heteroatoms. The van der Waals surface area contributed by atoms with E-state index in [0.29, 0.717) is 0 Å².